The molecule has 4 N–H and O–H groups in total. The van der Waals surface area contributed by atoms with Crippen LogP contribution in [0.5, 0.6) is 11.5 Å². The van der Waals surface area contributed by atoms with E-state index in [0.717, 1.165) is 11.9 Å². The summed E-state index contributed by atoms with van der Waals surface area (Å²) in [4.78, 5) is 16.7. The number of aliphatic hydroxyl groups excluding tert-OH is 1. The molecule has 0 saturated heterocycles. The molecule has 1 heterocycles. The fraction of sp³-hybridized carbons (Fsp3) is 0.148. The molecule has 9 nitrogen and oxygen atoms in total. The van der Waals surface area contributed by atoms with E-state index in [1.54, 1.807) is 24.3 Å². The lowest BCUT2D eigenvalue weighted by molar-refractivity contribution is -0.0515. The lowest BCUT2D eigenvalue weighted by Gasteiger charge is -2.13. The number of nitrogens with zero attached hydrogens (tertiary/aromatic N) is 3. The van der Waals surface area contributed by atoms with E-state index in [4.69, 9.17) is 10.5 Å². The summed E-state index contributed by atoms with van der Waals surface area (Å²) < 4.78 is 37.2. The van der Waals surface area contributed by atoms with E-state index in [1.807, 2.05) is 36.4 Å². The molecular formula is C27H25F2N5O4. The number of nitrogens with one attached hydrogen (secondary N) is 1. The van der Waals surface area contributed by atoms with Crippen molar-refractivity contribution in [2.24, 2.45) is 4.99 Å². The van der Waals surface area contributed by atoms with Crippen molar-refractivity contribution >= 4 is 23.8 Å². The number of amides is 1. The molecule has 3 aromatic carbocycles. The molecule has 196 valence electrons. The van der Waals surface area contributed by atoms with Crippen molar-refractivity contribution in [1.82, 2.24) is 15.1 Å². The van der Waals surface area contributed by atoms with E-state index in [-0.39, 0.29) is 36.2 Å². The minimum absolute atomic E-state index is 0.0294. The molecule has 1 aromatic heterocycles. The smallest absolute Gasteiger partial charge is 0.387 e. The number of nitrogens with two attached hydrogens (primary N) is 1. The average molecular weight is 522 g/mol. The zero-order valence-electron chi connectivity index (χ0n) is 20.1. The van der Waals surface area contributed by atoms with Crippen LogP contribution in [0.15, 0.2) is 89.9 Å². The number of benzene rings is 3. The van der Waals surface area contributed by atoms with Gasteiger partial charge in [0.2, 0.25) is 0 Å². The number of aromatic nitrogens is 2. The van der Waals surface area contributed by atoms with Gasteiger partial charge in [-0.2, -0.15) is 13.9 Å². The molecule has 0 bridgehead atoms. The SMILES string of the molecule is Nc1cc(C(=O)NC=Nc2ccc(OC(F)F)c(OCc3ccccc3)c2)nn1CC(O)c1ccccc1. The van der Waals surface area contributed by atoms with Gasteiger partial charge in [0, 0.05) is 12.1 Å². The van der Waals surface area contributed by atoms with Gasteiger partial charge in [-0.05, 0) is 23.3 Å². The number of aliphatic imine (C=N–C) groups is 1. The Kier molecular flexibility index (Phi) is 8.62. The van der Waals surface area contributed by atoms with Crippen LogP contribution in [0, 0.1) is 0 Å². The van der Waals surface area contributed by atoms with Crippen LogP contribution in [-0.4, -0.2) is 33.7 Å². The summed E-state index contributed by atoms with van der Waals surface area (Å²) >= 11 is 0. The van der Waals surface area contributed by atoms with Gasteiger partial charge in [-0.15, -0.1) is 0 Å². The third-order valence-electron chi connectivity index (χ3n) is 5.36. The molecule has 4 rings (SSSR count). The fourth-order valence-corrected chi connectivity index (χ4v) is 3.49. The number of alkyl halides is 2. The number of rotatable bonds is 11. The van der Waals surface area contributed by atoms with Crippen molar-refractivity contribution < 1.29 is 28.2 Å². The monoisotopic (exact) mass is 521 g/mol. The average Bonchev–Trinajstić information content (AvgIpc) is 3.29. The molecule has 0 aliphatic heterocycles. The molecule has 38 heavy (non-hydrogen) atoms. The van der Waals surface area contributed by atoms with Crippen LogP contribution in [0.1, 0.15) is 27.7 Å². The van der Waals surface area contributed by atoms with Crippen LogP contribution in [0.3, 0.4) is 0 Å². The third-order valence-corrected chi connectivity index (χ3v) is 5.36. The summed E-state index contributed by atoms with van der Waals surface area (Å²) in [6.45, 7) is -2.83. The highest BCUT2D eigenvalue weighted by Gasteiger charge is 2.16. The topological polar surface area (TPSA) is 124 Å². The second-order valence-corrected chi connectivity index (χ2v) is 8.08. The van der Waals surface area contributed by atoms with Crippen molar-refractivity contribution in [2.75, 3.05) is 5.73 Å². The lowest BCUT2D eigenvalue weighted by atomic mass is 10.1. The zero-order valence-corrected chi connectivity index (χ0v) is 20.1. The Labute approximate surface area is 217 Å². The Hall–Kier alpha value is -4.77. The number of nitrogen functional groups attached to an aromatic ring is 1. The summed E-state index contributed by atoms with van der Waals surface area (Å²) in [7, 11) is 0. The Morgan fingerprint density at radius 3 is 2.47 bits per heavy atom. The maximum absolute atomic E-state index is 12.8. The van der Waals surface area contributed by atoms with Crippen LogP contribution in [-0.2, 0) is 13.2 Å². The molecule has 4 aromatic rings. The Morgan fingerprint density at radius 2 is 1.76 bits per heavy atom. The summed E-state index contributed by atoms with van der Waals surface area (Å²) in [6.07, 6.45) is 0.284. The number of carbonyl (C=O) groups is 1. The Balaban J connectivity index is 1.40. The van der Waals surface area contributed by atoms with Crippen LogP contribution in [0.4, 0.5) is 20.3 Å². The molecule has 0 aliphatic rings. The summed E-state index contributed by atoms with van der Waals surface area (Å²) in [5.41, 5.74) is 7.84. The standard InChI is InChI=1S/C27H25F2N5O4/c28-27(29)38-23-12-11-20(13-24(23)37-16-18-7-3-1-4-8-18)31-17-32-26(36)21-14-25(30)34(33-21)15-22(35)19-9-5-2-6-10-19/h1-14,17,22,27,35H,15-16,30H2,(H,31,32,36). The predicted molar refractivity (Wildman–Crippen MR) is 138 cm³/mol. The summed E-state index contributed by atoms with van der Waals surface area (Å²) in [5, 5.41) is 17.0. The molecule has 1 unspecified atom stereocenters. The van der Waals surface area contributed by atoms with Crippen molar-refractivity contribution in [3.63, 3.8) is 0 Å². The van der Waals surface area contributed by atoms with Gasteiger partial charge in [-0.25, -0.2) is 9.67 Å². The lowest BCUT2D eigenvalue weighted by Crippen LogP contribution is -2.22. The van der Waals surface area contributed by atoms with E-state index >= 15 is 0 Å². The van der Waals surface area contributed by atoms with E-state index in [0.29, 0.717) is 11.3 Å². The maximum Gasteiger partial charge on any atom is 0.387 e. The normalized spacial score (nSPS) is 12.0. The minimum Gasteiger partial charge on any atom is -0.485 e. The summed E-state index contributed by atoms with van der Waals surface area (Å²) in [6, 6.07) is 23.7. The van der Waals surface area contributed by atoms with E-state index in [2.05, 4.69) is 20.1 Å². The molecule has 0 radical (unpaired) electrons. The number of hydrogen-bond acceptors (Lipinski definition) is 7. The fourth-order valence-electron chi connectivity index (χ4n) is 3.49. The minimum atomic E-state index is -3.02. The molecule has 0 saturated carbocycles. The molecule has 11 heteroatoms. The van der Waals surface area contributed by atoms with Crippen LogP contribution < -0.4 is 20.5 Å². The third kappa shape index (κ3) is 7.14. The first-order valence-corrected chi connectivity index (χ1v) is 11.5. The molecule has 0 spiro atoms. The van der Waals surface area contributed by atoms with Gasteiger partial charge >= 0.3 is 6.61 Å². The Bertz CT molecular complexity index is 1380. The van der Waals surface area contributed by atoms with Gasteiger partial charge in [-0.3, -0.25) is 4.79 Å². The highest BCUT2D eigenvalue weighted by Crippen LogP contribution is 2.33. The number of carbonyl (C=O) groups excluding carboxylic acids is 1. The van der Waals surface area contributed by atoms with E-state index in [9.17, 15) is 18.7 Å². The Morgan fingerprint density at radius 1 is 1.05 bits per heavy atom. The predicted octanol–water partition coefficient (Wildman–Crippen LogP) is 4.47. The molecule has 1 amide bonds. The second kappa shape index (κ2) is 12.5. The van der Waals surface area contributed by atoms with Crippen molar-refractivity contribution in [3.8, 4) is 11.5 Å². The molecule has 0 aliphatic carbocycles. The van der Waals surface area contributed by atoms with Gasteiger partial charge in [0.05, 0.1) is 24.7 Å². The van der Waals surface area contributed by atoms with E-state index < -0.39 is 18.6 Å². The number of halogens is 2. The zero-order chi connectivity index (χ0) is 26.9. The second-order valence-electron chi connectivity index (χ2n) is 8.08. The number of aliphatic hydroxyl groups is 1. The van der Waals surface area contributed by atoms with Crippen molar-refractivity contribution in [3.05, 3.63) is 102 Å². The van der Waals surface area contributed by atoms with Crippen LogP contribution in [0.2, 0.25) is 0 Å². The summed E-state index contributed by atoms with van der Waals surface area (Å²) in [5.74, 6) is -0.445. The number of ether oxygens (including phenoxy) is 2. The molecule has 0 fully saturated rings. The maximum atomic E-state index is 12.8. The van der Waals surface area contributed by atoms with E-state index in [1.165, 1.54) is 28.9 Å². The van der Waals surface area contributed by atoms with Gasteiger partial charge in [-0.1, -0.05) is 60.7 Å². The highest BCUT2D eigenvalue weighted by atomic mass is 19.3. The van der Waals surface area contributed by atoms with Crippen LogP contribution in [0.25, 0.3) is 0 Å². The largest absolute Gasteiger partial charge is 0.485 e. The van der Waals surface area contributed by atoms with Gasteiger partial charge < -0.3 is 25.6 Å². The van der Waals surface area contributed by atoms with Gasteiger partial charge in [0.25, 0.3) is 5.91 Å². The van der Waals surface area contributed by atoms with Gasteiger partial charge in [0.15, 0.2) is 17.2 Å². The quantitative estimate of drug-likeness (QED) is 0.198. The first kappa shape index (κ1) is 26.3. The molecular weight excluding hydrogens is 496 g/mol. The van der Waals surface area contributed by atoms with Crippen molar-refractivity contribution in [1.29, 1.82) is 0 Å². The first-order valence-electron chi connectivity index (χ1n) is 11.5. The van der Waals surface area contributed by atoms with Gasteiger partial charge in [0.1, 0.15) is 12.4 Å². The number of anilines is 1. The number of hydrogen-bond donors (Lipinski definition) is 3. The first-order chi connectivity index (χ1) is 18.4. The van der Waals surface area contributed by atoms with Crippen LogP contribution >= 0.6 is 0 Å². The molecule has 1 atom stereocenters. The highest BCUT2D eigenvalue weighted by molar-refractivity contribution is 5.99. The van der Waals surface area contributed by atoms with Crippen molar-refractivity contribution in [2.45, 2.75) is 25.9 Å².